The van der Waals surface area contributed by atoms with Gasteiger partial charge in [0.25, 0.3) is 0 Å². The van der Waals surface area contributed by atoms with Crippen LogP contribution in [0.4, 0.5) is 0 Å². The molecule has 4 heteroatoms. The first kappa shape index (κ1) is 12.8. The van der Waals surface area contributed by atoms with Crippen molar-refractivity contribution in [1.82, 2.24) is 0 Å². The van der Waals surface area contributed by atoms with E-state index in [0.29, 0.717) is 5.16 Å². The first-order valence-corrected chi connectivity index (χ1v) is 6.44. The molecule has 0 aromatic heterocycles. The van der Waals surface area contributed by atoms with Crippen molar-refractivity contribution in [2.24, 2.45) is 4.99 Å². The first-order chi connectivity index (χ1) is 8.07. The molecule has 1 N–H and O–H groups in total. The number of rotatable bonds is 2. The molecule has 2 aliphatic rings. The van der Waals surface area contributed by atoms with E-state index in [1.165, 1.54) is 0 Å². The quantitative estimate of drug-likeness (QED) is 0.771. The van der Waals surface area contributed by atoms with Gasteiger partial charge in [-0.15, -0.1) is 0 Å². The average molecular weight is 256 g/mol. The molecular formula is C13H18ClNO2. The zero-order valence-electron chi connectivity index (χ0n) is 10.2. The summed E-state index contributed by atoms with van der Waals surface area (Å²) >= 11 is 5.88. The van der Waals surface area contributed by atoms with E-state index in [1.807, 2.05) is 13.0 Å². The molecule has 3 nitrogen and oxygen atoms in total. The molecule has 0 aromatic carbocycles. The van der Waals surface area contributed by atoms with Crippen LogP contribution < -0.4 is 0 Å². The van der Waals surface area contributed by atoms with E-state index < -0.39 is 6.29 Å². The van der Waals surface area contributed by atoms with E-state index >= 15 is 0 Å². The second-order valence-electron chi connectivity index (χ2n) is 4.71. The number of aliphatic hydroxyl groups is 1. The predicted molar refractivity (Wildman–Crippen MR) is 69.1 cm³/mol. The summed E-state index contributed by atoms with van der Waals surface area (Å²) in [5.41, 5.74) is 1.59. The maximum atomic E-state index is 9.96. The fraction of sp³-hybridized carbons (Fsp3) is 0.615. The van der Waals surface area contributed by atoms with Crippen LogP contribution in [0.5, 0.6) is 0 Å². The van der Waals surface area contributed by atoms with Crippen molar-refractivity contribution in [3.8, 4) is 0 Å². The molecule has 0 fully saturated rings. The number of ether oxygens (including phenoxy) is 1. The molecule has 0 amide bonds. The van der Waals surface area contributed by atoms with Crippen molar-refractivity contribution < 1.29 is 9.84 Å². The topological polar surface area (TPSA) is 41.8 Å². The fourth-order valence-electron chi connectivity index (χ4n) is 2.59. The molecule has 17 heavy (non-hydrogen) atoms. The van der Waals surface area contributed by atoms with Crippen LogP contribution in [0.25, 0.3) is 0 Å². The van der Waals surface area contributed by atoms with Crippen LogP contribution in [0.3, 0.4) is 0 Å². The Morgan fingerprint density at radius 3 is 3.12 bits per heavy atom. The Morgan fingerprint density at radius 1 is 1.65 bits per heavy atom. The SMILES string of the molecule is CCCC1(C)O[C@@H](O)C2=C1CCC=C(Cl)N=C2. The van der Waals surface area contributed by atoms with Crippen molar-refractivity contribution in [2.45, 2.75) is 51.4 Å². The Kier molecular flexibility index (Phi) is 3.71. The van der Waals surface area contributed by atoms with Crippen molar-refractivity contribution in [2.75, 3.05) is 0 Å². The predicted octanol–water partition coefficient (Wildman–Crippen LogP) is 3.14. The maximum Gasteiger partial charge on any atom is 0.183 e. The Labute approximate surface area is 107 Å². The lowest BCUT2D eigenvalue weighted by Gasteiger charge is -2.27. The maximum absolute atomic E-state index is 9.96. The Morgan fingerprint density at radius 2 is 2.41 bits per heavy atom. The normalized spacial score (nSPS) is 33.2. The lowest BCUT2D eigenvalue weighted by Crippen LogP contribution is -2.28. The molecule has 94 valence electrons. The molecule has 0 aliphatic carbocycles. The van der Waals surface area contributed by atoms with Crippen molar-refractivity contribution in [1.29, 1.82) is 0 Å². The van der Waals surface area contributed by atoms with Gasteiger partial charge >= 0.3 is 0 Å². The number of hydrogen-bond acceptors (Lipinski definition) is 3. The molecule has 0 bridgehead atoms. The molecule has 0 spiro atoms. The van der Waals surface area contributed by atoms with E-state index in [-0.39, 0.29) is 5.60 Å². The van der Waals surface area contributed by atoms with Gasteiger partial charge in [0.2, 0.25) is 0 Å². The van der Waals surface area contributed by atoms with Crippen LogP contribution in [-0.2, 0) is 4.74 Å². The molecular weight excluding hydrogens is 238 g/mol. The molecule has 0 saturated heterocycles. The van der Waals surface area contributed by atoms with Gasteiger partial charge in [-0.25, -0.2) is 4.99 Å². The monoisotopic (exact) mass is 255 g/mol. The molecule has 2 aliphatic heterocycles. The molecule has 0 saturated carbocycles. The number of aliphatic imine (C=N–C) groups is 1. The van der Waals surface area contributed by atoms with Gasteiger partial charge in [0.15, 0.2) is 6.29 Å². The Hall–Kier alpha value is -0.640. The summed E-state index contributed by atoms with van der Waals surface area (Å²) in [6.45, 7) is 4.16. The molecule has 2 heterocycles. The van der Waals surface area contributed by atoms with E-state index in [0.717, 1.165) is 36.8 Å². The summed E-state index contributed by atoms with van der Waals surface area (Å²) in [5.74, 6) is 0. The van der Waals surface area contributed by atoms with Gasteiger partial charge in [-0.05, 0) is 37.8 Å². The highest BCUT2D eigenvalue weighted by atomic mass is 35.5. The third kappa shape index (κ3) is 2.46. The summed E-state index contributed by atoms with van der Waals surface area (Å²) < 4.78 is 5.71. The van der Waals surface area contributed by atoms with Gasteiger partial charge in [0.05, 0.1) is 5.60 Å². The van der Waals surface area contributed by atoms with Gasteiger partial charge < -0.3 is 9.84 Å². The first-order valence-electron chi connectivity index (χ1n) is 6.06. The Balaban J connectivity index is 2.36. The summed E-state index contributed by atoms with van der Waals surface area (Å²) in [6, 6.07) is 0. The number of allylic oxidation sites excluding steroid dienone is 1. The van der Waals surface area contributed by atoms with E-state index in [2.05, 4.69) is 11.9 Å². The molecule has 2 rings (SSSR count). The van der Waals surface area contributed by atoms with Crippen LogP contribution in [0.1, 0.15) is 39.5 Å². The highest BCUT2D eigenvalue weighted by Crippen LogP contribution is 2.41. The molecule has 0 aromatic rings. The van der Waals surface area contributed by atoms with Gasteiger partial charge in [-0.1, -0.05) is 24.9 Å². The average Bonchev–Trinajstić information content (AvgIpc) is 2.44. The molecule has 2 atom stereocenters. The van der Waals surface area contributed by atoms with E-state index in [9.17, 15) is 5.11 Å². The van der Waals surface area contributed by atoms with Crippen LogP contribution in [0.15, 0.2) is 27.4 Å². The van der Waals surface area contributed by atoms with Gasteiger partial charge in [0, 0.05) is 11.8 Å². The van der Waals surface area contributed by atoms with Gasteiger partial charge in [-0.2, -0.15) is 0 Å². The number of aliphatic hydroxyl groups excluding tert-OH is 1. The van der Waals surface area contributed by atoms with Crippen LogP contribution >= 0.6 is 11.6 Å². The largest absolute Gasteiger partial charge is 0.364 e. The van der Waals surface area contributed by atoms with Gasteiger partial charge in [0.1, 0.15) is 5.16 Å². The van der Waals surface area contributed by atoms with Crippen LogP contribution in [-0.4, -0.2) is 23.2 Å². The highest BCUT2D eigenvalue weighted by molar-refractivity contribution is 6.29. The Bertz CT molecular complexity index is 400. The molecule has 1 unspecified atom stereocenters. The highest BCUT2D eigenvalue weighted by Gasteiger charge is 2.41. The lowest BCUT2D eigenvalue weighted by atomic mass is 9.86. The number of hydrogen-bond donors (Lipinski definition) is 1. The zero-order chi connectivity index (χ0) is 12.5. The lowest BCUT2D eigenvalue weighted by molar-refractivity contribution is -0.123. The standard InChI is InChI=1S/C13H18ClNO2/c1-3-7-13(2)10-5-4-6-11(14)15-8-9(10)12(16)17-13/h6,8,12,16H,3-5,7H2,1-2H3/t12-,13?/m1/s1. The minimum absolute atomic E-state index is 0.354. The third-order valence-corrected chi connectivity index (χ3v) is 3.64. The van der Waals surface area contributed by atoms with E-state index in [4.69, 9.17) is 16.3 Å². The van der Waals surface area contributed by atoms with Crippen molar-refractivity contribution >= 4 is 17.8 Å². The third-order valence-electron chi connectivity index (χ3n) is 3.39. The number of halogens is 1. The van der Waals surface area contributed by atoms with Gasteiger partial charge in [-0.3, -0.25) is 0 Å². The zero-order valence-corrected chi connectivity index (χ0v) is 11.0. The minimum atomic E-state index is -0.868. The minimum Gasteiger partial charge on any atom is -0.364 e. The van der Waals surface area contributed by atoms with Crippen molar-refractivity contribution in [3.63, 3.8) is 0 Å². The summed E-state index contributed by atoms with van der Waals surface area (Å²) in [6.07, 6.45) is 6.31. The van der Waals surface area contributed by atoms with Crippen molar-refractivity contribution in [3.05, 3.63) is 22.4 Å². The smallest absolute Gasteiger partial charge is 0.183 e. The second-order valence-corrected chi connectivity index (χ2v) is 5.10. The summed E-state index contributed by atoms with van der Waals surface area (Å²) in [5, 5.41) is 10.4. The molecule has 0 radical (unpaired) electrons. The summed E-state index contributed by atoms with van der Waals surface area (Å²) in [7, 11) is 0. The number of nitrogens with zero attached hydrogens (tertiary/aromatic N) is 1. The van der Waals surface area contributed by atoms with Crippen LogP contribution in [0, 0.1) is 0 Å². The second kappa shape index (κ2) is 4.92. The van der Waals surface area contributed by atoms with Crippen LogP contribution in [0.2, 0.25) is 0 Å². The fourth-order valence-corrected chi connectivity index (χ4v) is 2.75. The van der Waals surface area contributed by atoms with E-state index in [1.54, 1.807) is 6.21 Å². The summed E-state index contributed by atoms with van der Waals surface area (Å²) in [4.78, 5) is 4.11.